The smallest absolute Gasteiger partial charge is 0.132 e. The molecule has 0 fully saturated rings. The van der Waals surface area contributed by atoms with E-state index in [1.807, 2.05) is 18.2 Å². The number of Topliss-reactive ketones (excluding diaryl/α,β-unsaturated/α-hetero) is 1. The summed E-state index contributed by atoms with van der Waals surface area (Å²) >= 11 is 0. The van der Waals surface area contributed by atoms with Crippen LogP contribution in [0.2, 0.25) is 0 Å². The van der Waals surface area contributed by atoms with Crippen molar-refractivity contribution in [2.75, 3.05) is 13.2 Å². The predicted molar refractivity (Wildman–Crippen MR) is 54.1 cm³/mol. The molecule has 76 valence electrons. The van der Waals surface area contributed by atoms with Crippen LogP contribution in [0, 0.1) is 0 Å². The molecular formula is C11H15NO2. The first-order chi connectivity index (χ1) is 6.79. The number of ether oxygens (including phenoxy) is 1. The first-order valence-electron chi connectivity index (χ1n) is 4.76. The van der Waals surface area contributed by atoms with Crippen molar-refractivity contribution < 1.29 is 9.53 Å². The molecule has 0 atom stereocenters. The second kappa shape index (κ2) is 6.27. The van der Waals surface area contributed by atoms with Crippen molar-refractivity contribution in [3.8, 4) is 0 Å². The lowest BCUT2D eigenvalue weighted by Gasteiger charge is -2.01. The number of nitrogens with zero attached hydrogens (tertiary/aromatic N) is 1. The number of carbonyl (C=O) groups excluding carboxylic acids is 1. The number of hydrogen-bond donors (Lipinski definition) is 0. The van der Waals surface area contributed by atoms with Crippen LogP contribution in [0.15, 0.2) is 24.4 Å². The maximum atomic E-state index is 10.6. The SMILES string of the molecule is CC(=O)CCOCCc1ccccn1. The van der Waals surface area contributed by atoms with E-state index in [4.69, 9.17) is 4.74 Å². The minimum absolute atomic E-state index is 0.169. The largest absolute Gasteiger partial charge is 0.381 e. The topological polar surface area (TPSA) is 39.2 Å². The summed E-state index contributed by atoms with van der Waals surface area (Å²) in [4.78, 5) is 14.7. The highest BCUT2D eigenvalue weighted by atomic mass is 16.5. The van der Waals surface area contributed by atoms with Crippen molar-refractivity contribution in [2.24, 2.45) is 0 Å². The van der Waals surface area contributed by atoms with Crippen molar-refractivity contribution in [2.45, 2.75) is 19.8 Å². The van der Waals surface area contributed by atoms with Crippen LogP contribution in [0.4, 0.5) is 0 Å². The minimum atomic E-state index is 0.169. The van der Waals surface area contributed by atoms with Gasteiger partial charge in [0.25, 0.3) is 0 Å². The van der Waals surface area contributed by atoms with Crippen LogP contribution >= 0.6 is 0 Å². The van der Waals surface area contributed by atoms with Gasteiger partial charge in [-0.1, -0.05) is 6.07 Å². The predicted octanol–water partition coefficient (Wildman–Crippen LogP) is 1.62. The molecule has 0 aliphatic rings. The van der Waals surface area contributed by atoms with E-state index in [0.29, 0.717) is 19.6 Å². The third kappa shape index (κ3) is 4.72. The molecule has 0 saturated carbocycles. The van der Waals surface area contributed by atoms with Crippen LogP contribution < -0.4 is 0 Å². The zero-order valence-corrected chi connectivity index (χ0v) is 8.40. The fourth-order valence-corrected chi connectivity index (χ4v) is 1.04. The van der Waals surface area contributed by atoms with Gasteiger partial charge >= 0.3 is 0 Å². The van der Waals surface area contributed by atoms with Crippen molar-refractivity contribution in [3.63, 3.8) is 0 Å². The van der Waals surface area contributed by atoms with Gasteiger partial charge in [-0.2, -0.15) is 0 Å². The van der Waals surface area contributed by atoms with Crippen LogP contribution in [-0.4, -0.2) is 24.0 Å². The van der Waals surface area contributed by atoms with Crippen LogP contribution in [0.5, 0.6) is 0 Å². The fraction of sp³-hybridized carbons (Fsp3) is 0.455. The number of hydrogen-bond acceptors (Lipinski definition) is 3. The Kier molecular flexibility index (Phi) is 4.86. The molecule has 1 heterocycles. The Morgan fingerprint density at radius 1 is 1.43 bits per heavy atom. The molecule has 0 aliphatic carbocycles. The molecular weight excluding hydrogens is 178 g/mol. The standard InChI is InChI=1S/C11H15NO2/c1-10(13)5-8-14-9-6-11-4-2-3-7-12-11/h2-4,7H,5-6,8-9H2,1H3. The number of carbonyl (C=O) groups is 1. The summed E-state index contributed by atoms with van der Waals surface area (Å²) in [6.07, 6.45) is 3.08. The van der Waals surface area contributed by atoms with E-state index in [1.165, 1.54) is 0 Å². The Bertz CT molecular complexity index is 272. The van der Waals surface area contributed by atoms with Crippen molar-refractivity contribution >= 4 is 5.78 Å². The number of ketones is 1. The third-order valence-electron chi connectivity index (χ3n) is 1.83. The fourth-order valence-electron chi connectivity index (χ4n) is 1.04. The molecule has 0 radical (unpaired) electrons. The zero-order valence-electron chi connectivity index (χ0n) is 8.40. The molecule has 3 heteroatoms. The maximum absolute atomic E-state index is 10.6. The molecule has 1 rings (SSSR count). The van der Waals surface area contributed by atoms with Gasteiger partial charge in [0.1, 0.15) is 5.78 Å². The summed E-state index contributed by atoms with van der Waals surface area (Å²) in [6, 6.07) is 5.81. The Morgan fingerprint density at radius 3 is 2.93 bits per heavy atom. The quantitative estimate of drug-likeness (QED) is 0.644. The molecule has 0 aliphatic heterocycles. The monoisotopic (exact) mass is 193 g/mol. The minimum Gasteiger partial charge on any atom is -0.381 e. The summed E-state index contributed by atoms with van der Waals surface area (Å²) in [5.41, 5.74) is 1.02. The average molecular weight is 193 g/mol. The van der Waals surface area contributed by atoms with Gasteiger partial charge in [-0.25, -0.2) is 0 Å². The molecule has 0 saturated heterocycles. The zero-order chi connectivity index (χ0) is 10.2. The van der Waals surface area contributed by atoms with Gasteiger partial charge in [-0.3, -0.25) is 9.78 Å². The Labute approximate surface area is 84.1 Å². The lowest BCUT2D eigenvalue weighted by Crippen LogP contribution is -2.04. The Hall–Kier alpha value is -1.22. The molecule has 0 bridgehead atoms. The summed E-state index contributed by atoms with van der Waals surface area (Å²) < 4.78 is 5.29. The van der Waals surface area contributed by atoms with E-state index in [0.717, 1.165) is 12.1 Å². The van der Waals surface area contributed by atoms with Gasteiger partial charge in [-0.05, 0) is 19.1 Å². The molecule has 1 aromatic heterocycles. The highest BCUT2D eigenvalue weighted by Crippen LogP contribution is 1.95. The lowest BCUT2D eigenvalue weighted by atomic mass is 10.3. The molecule has 1 aromatic rings. The van der Waals surface area contributed by atoms with Gasteiger partial charge in [0.2, 0.25) is 0 Å². The van der Waals surface area contributed by atoms with Gasteiger partial charge in [0, 0.05) is 24.7 Å². The number of rotatable bonds is 6. The van der Waals surface area contributed by atoms with E-state index in [9.17, 15) is 4.79 Å². The highest BCUT2D eigenvalue weighted by molar-refractivity contribution is 5.75. The Balaban J connectivity index is 2.08. The summed E-state index contributed by atoms with van der Waals surface area (Å²) in [5.74, 6) is 0.169. The molecule has 3 nitrogen and oxygen atoms in total. The van der Waals surface area contributed by atoms with Crippen molar-refractivity contribution in [1.82, 2.24) is 4.98 Å². The van der Waals surface area contributed by atoms with E-state index in [2.05, 4.69) is 4.98 Å². The average Bonchev–Trinajstić information content (AvgIpc) is 2.18. The molecule has 0 unspecified atom stereocenters. The first-order valence-corrected chi connectivity index (χ1v) is 4.76. The number of pyridine rings is 1. The second-order valence-electron chi connectivity index (χ2n) is 3.14. The van der Waals surface area contributed by atoms with Gasteiger partial charge in [-0.15, -0.1) is 0 Å². The summed E-state index contributed by atoms with van der Waals surface area (Å²) in [6.45, 7) is 2.72. The molecule has 0 amide bonds. The van der Waals surface area contributed by atoms with Crippen molar-refractivity contribution in [3.05, 3.63) is 30.1 Å². The Morgan fingerprint density at radius 2 is 2.29 bits per heavy atom. The third-order valence-corrected chi connectivity index (χ3v) is 1.83. The van der Waals surface area contributed by atoms with Gasteiger partial charge in [0.05, 0.1) is 13.2 Å². The van der Waals surface area contributed by atoms with Crippen molar-refractivity contribution in [1.29, 1.82) is 0 Å². The van der Waals surface area contributed by atoms with Gasteiger partial charge in [0.15, 0.2) is 0 Å². The van der Waals surface area contributed by atoms with E-state index in [1.54, 1.807) is 13.1 Å². The molecule has 0 aromatic carbocycles. The van der Waals surface area contributed by atoms with E-state index >= 15 is 0 Å². The number of aromatic nitrogens is 1. The molecule has 0 spiro atoms. The normalized spacial score (nSPS) is 10.1. The van der Waals surface area contributed by atoms with Crippen LogP contribution in [-0.2, 0) is 16.0 Å². The van der Waals surface area contributed by atoms with Crippen LogP contribution in [0.3, 0.4) is 0 Å². The van der Waals surface area contributed by atoms with Crippen LogP contribution in [0.25, 0.3) is 0 Å². The highest BCUT2D eigenvalue weighted by Gasteiger charge is 1.95. The second-order valence-corrected chi connectivity index (χ2v) is 3.14. The maximum Gasteiger partial charge on any atom is 0.132 e. The summed E-state index contributed by atoms with van der Waals surface area (Å²) in [7, 11) is 0. The lowest BCUT2D eigenvalue weighted by molar-refractivity contribution is -0.118. The van der Waals surface area contributed by atoms with E-state index in [-0.39, 0.29) is 5.78 Å². The summed E-state index contributed by atoms with van der Waals surface area (Å²) in [5, 5.41) is 0. The molecule has 0 N–H and O–H groups in total. The van der Waals surface area contributed by atoms with Crippen LogP contribution in [0.1, 0.15) is 19.0 Å². The first kappa shape index (κ1) is 10.9. The van der Waals surface area contributed by atoms with E-state index < -0.39 is 0 Å². The molecule has 14 heavy (non-hydrogen) atoms. The van der Waals surface area contributed by atoms with Gasteiger partial charge < -0.3 is 4.74 Å².